The molecule has 6 unspecified atom stereocenters. The molecule has 0 amide bonds. The molecule has 5 rings (SSSR count). The Balaban J connectivity index is 1.83. The normalized spacial score (nSPS) is 34.1. The number of fused-ring (bicyclic) bond motifs is 1. The molecule has 210 valence electrons. The third kappa shape index (κ3) is 4.91. The van der Waals surface area contributed by atoms with Crippen molar-refractivity contribution in [3.63, 3.8) is 0 Å². The van der Waals surface area contributed by atoms with Crippen molar-refractivity contribution in [2.75, 3.05) is 7.11 Å². The van der Waals surface area contributed by atoms with Gasteiger partial charge in [-0.05, 0) is 102 Å². The first-order valence-electron chi connectivity index (χ1n) is 15.7. The zero-order valence-corrected chi connectivity index (χ0v) is 25.4. The maximum Gasteiger partial charge on any atom is 0.190 e. The van der Waals surface area contributed by atoms with Crippen LogP contribution in [0.5, 0.6) is 5.75 Å². The lowest BCUT2D eigenvalue weighted by atomic mass is 9.47. The average Bonchev–Trinajstić information content (AvgIpc) is 3.17. The van der Waals surface area contributed by atoms with Crippen molar-refractivity contribution in [3.8, 4) is 5.75 Å². The molecule has 3 aliphatic rings. The Kier molecular flexibility index (Phi) is 8.14. The van der Waals surface area contributed by atoms with Gasteiger partial charge in [0, 0.05) is 16.6 Å². The Hall–Kier alpha value is -2.35. The van der Waals surface area contributed by atoms with E-state index in [4.69, 9.17) is 4.74 Å². The smallest absolute Gasteiger partial charge is 0.190 e. The number of hydrogen-bond donors (Lipinski definition) is 0. The predicted octanol–water partition coefficient (Wildman–Crippen LogP) is 9.63. The summed E-state index contributed by atoms with van der Waals surface area (Å²) in [7, 11) is 1.71. The van der Waals surface area contributed by atoms with E-state index in [1.54, 1.807) is 7.11 Å². The molecule has 2 fully saturated rings. The summed E-state index contributed by atoms with van der Waals surface area (Å²) < 4.78 is 5.46. The molecule has 0 bridgehead atoms. The minimum atomic E-state index is -0.249. The van der Waals surface area contributed by atoms with Crippen LogP contribution in [-0.2, 0) is 5.41 Å². The van der Waals surface area contributed by atoms with Gasteiger partial charge in [-0.2, -0.15) is 0 Å². The monoisotopic (exact) mass is 526 g/mol. The molecule has 0 N–H and O–H groups in total. The standard InChI is InChI=1S/C37H50O2/c1-23(2)29-18-12-25(5)20-33(29)37(34-21-26(6)13-19-30(34)24(3)4)32-11-9-8-10-31(32)36(38)35(37)22-27-14-16-28(39-7)17-15-27/h8-11,14-17,22-26,29-30,33-34H,12-13,18-21H2,1-7H3/b35-22-. The van der Waals surface area contributed by atoms with E-state index in [2.05, 4.69) is 84.0 Å². The number of rotatable bonds is 6. The topological polar surface area (TPSA) is 26.3 Å². The van der Waals surface area contributed by atoms with Crippen LogP contribution in [0.2, 0.25) is 0 Å². The number of ether oxygens (including phenoxy) is 1. The molecule has 6 atom stereocenters. The summed E-state index contributed by atoms with van der Waals surface area (Å²) >= 11 is 0. The van der Waals surface area contributed by atoms with Gasteiger partial charge in [0.2, 0.25) is 0 Å². The number of benzene rings is 2. The van der Waals surface area contributed by atoms with Gasteiger partial charge >= 0.3 is 0 Å². The van der Waals surface area contributed by atoms with Crippen LogP contribution in [0.3, 0.4) is 0 Å². The van der Waals surface area contributed by atoms with Gasteiger partial charge in [0.1, 0.15) is 5.75 Å². The van der Waals surface area contributed by atoms with Gasteiger partial charge in [0.25, 0.3) is 0 Å². The van der Waals surface area contributed by atoms with Crippen LogP contribution in [0, 0.1) is 47.3 Å². The molecule has 0 aliphatic heterocycles. The van der Waals surface area contributed by atoms with E-state index in [9.17, 15) is 4.79 Å². The molecular formula is C37H50O2. The van der Waals surface area contributed by atoms with E-state index in [0.29, 0.717) is 47.3 Å². The Morgan fingerprint density at radius 3 is 1.85 bits per heavy atom. The summed E-state index contributed by atoms with van der Waals surface area (Å²) in [6.45, 7) is 14.6. The molecule has 0 spiro atoms. The summed E-state index contributed by atoms with van der Waals surface area (Å²) in [6.07, 6.45) is 9.85. The summed E-state index contributed by atoms with van der Waals surface area (Å²) in [5, 5.41) is 0. The zero-order valence-electron chi connectivity index (χ0n) is 25.4. The molecule has 0 radical (unpaired) electrons. The van der Waals surface area contributed by atoms with Gasteiger partial charge in [-0.3, -0.25) is 4.79 Å². The number of methoxy groups -OCH3 is 1. The highest BCUT2D eigenvalue weighted by Gasteiger charge is 2.61. The van der Waals surface area contributed by atoms with Crippen molar-refractivity contribution >= 4 is 11.9 Å². The predicted molar refractivity (Wildman–Crippen MR) is 163 cm³/mol. The summed E-state index contributed by atoms with van der Waals surface area (Å²) in [5.41, 5.74) is 4.22. The molecule has 2 nitrogen and oxygen atoms in total. The van der Waals surface area contributed by atoms with Crippen LogP contribution >= 0.6 is 0 Å². The van der Waals surface area contributed by atoms with Crippen molar-refractivity contribution in [3.05, 3.63) is 70.8 Å². The van der Waals surface area contributed by atoms with Crippen molar-refractivity contribution < 1.29 is 9.53 Å². The minimum Gasteiger partial charge on any atom is -0.497 e. The molecule has 2 aromatic carbocycles. The van der Waals surface area contributed by atoms with Gasteiger partial charge in [-0.15, -0.1) is 0 Å². The van der Waals surface area contributed by atoms with Crippen LogP contribution in [0.15, 0.2) is 54.1 Å². The fourth-order valence-corrected chi connectivity index (χ4v) is 9.10. The molecule has 2 aromatic rings. The highest BCUT2D eigenvalue weighted by molar-refractivity contribution is 6.18. The van der Waals surface area contributed by atoms with Gasteiger partial charge in [0.05, 0.1) is 7.11 Å². The van der Waals surface area contributed by atoms with Crippen molar-refractivity contribution in [1.82, 2.24) is 0 Å². The molecule has 0 saturated heterocycles. The number of carbonyl (C=O) groups is 1. The van der Waals surface area contributed by atoms with E-state index in [-0.39, 0.29) is 11.2 Å². The molecule has 39 heavy (non-hydrogen) atoms. The fraction of sp³-hybridized carbons (Fsp3) is 0.595. The molecule has 0 heterocycles. The fourth-order valence-electron chi connectivity index (χ4n) is 9.10. The van der Waals surface area contributed by atoms with Gasteiger partial charge in [0.15, 0.2) is 5.78 Å². The Morgan fingerprint density at radius 2 is 1.33 bits per heavy atom. The second-order valence-corrected chi connectivity index (χ2v) is 13.9. The SMILES string of the molecule is COc1ccc(/C=C2/C(=O)c3ccccc3C2(C2CC(C)CCC2C(C)C)C2CC(C)CCC2C(C)C)cc1. The third-order valence-corrected chi connectivity index (χ3v) is 10.9. The van der Waals surface area contributed by atoms with Gasteiger partial charge in [-0.1, -0.05) is 90.8 Å². The maximum atomic E-state index is 14.6. The minimum absolute atomic E-state index is 0.249. The number of ketones is 1. The lowest BCUT2D eigenvalue weighted by molar-refractivity contribution is 0.00117. The van der Waals surface area contributed by atoms with Gasteiger partial charge < -0.3 is 4.74 Å². The number of carbonyl (C=O) groups excluding carboxylic acids is 1. The maximum absolute atomic E-state index is 14.6. The van der Waals surface area contributed by atoms with Crippen molar-refractivity contribution in [2.24, 2.45) is 47.3 Å². The highest BCUT2D eigenvalue weighted by atomic mass is 16.5. The largest absolute Gasteiger partial charge is 0.497 e. The van der Waals surface area contributed by atoms with Crippen molar-refractivity contribution in [1.29, 1.82) is 0 Å². The highest BCUT2D eigenvalue weighted by Crippen LogP contribution is 2.64. The Labute approximate surface area is 237 Å². The molecular weight excluding hydrogens is 476 g/mol. The second-order valence-electron chi connectivity index (χ2n) is 13.9. The average molecular weight is 527 g/mol. The summed E-state index contributed by atoms with van der Waals surface area (Å²) in [5.74, 6) is 5.86. The van der Waals surface area contributed by atoms with E-state index >= 15 is 0 Å². The first-order chi connectivity index (χ1) is 18.7. The van der Waals surface area contributed by atoms with Gasteiger partial charge in [-0.25, -0.2) is 0 Å². The van der Waals surface area contributed by atoms with E-state index in [0.717, 1.165) is 22.4 Å². The van der Waals surface area contributed by atoms with E-state index in [1.165, 1.54) is 44.1 Å². The van der Waals surface area contributed by atoms with Crippen LogP contribution in [0.1, 0.15) is 102 Å². The first kappa shape index (κ1) is 28.2. The van der Waals surface area contributed by atoms with Crippen LogP contribution in [-0.4, -0.2) is 12.9 Å². The molecule has 0 aromatic heterocycles. The number of hydrogen-bond acceptors (Lipinski definition) is 2. The molecule has 2 heteroatoms. The second kappa shape index (κ2) is 11.3. The summed E-state index contributed by atoms with van der Waals surface area (Å²) in [6, 6.07) is 17.0. The van der Waals surface area contributed by atoms with Crippen molar-refractivity contribution in [2.45, 2.75) is 85.5 Å². The van der Waals surface area contributed by atoms with Crippen LogP contribution in [0.25, 0.3) is 6.08 Å². The Morgan fingerprint density at radius 1 is 0.795 bits per heavy atom. The zero-order chi connectivity index (χ0) is 27.9. The van der Waals surface area contributed by atoms with Crippen LogP contribution in [0.4, 0.5) is 0 Å². The number of allylic oxidation sites excluding steroid dienone is 1. The summed E-state index contributed by atoms with van der Waals surface area (Å²) in [4.78, 5) is 14.6. The van der Waals surface area contributed by atoms with E-state index in [1.807, 2.05) is 12.1 Å². The van der Waals surface area contributed by atoms with Crippen LogP contribution < -0.4 is 4.74 Å². The molecule has 3 aliphatic carbocycles. The Bertz CT molecular complexity index is 1150. The molecule has 2 saturated carbocycles. The van der Waals surface area contributed by atoms with E-state index < -0.39 is 0 Å². The quantitative estimate of drug-likeness (QED) is 0.350. The number of Topliss-reactive ketones (excluding diaryl/α,β-unsaturated/α-hetero) is 1. The lowest BCUT2D eigenvalue weighted by Gasteiger charge is -2.56. The lowest BCUT2D eigenvalue weighted by Crippen LogP contribution is -2.53. The first-order valence-corrected chi connectivity index (χ1v) is 15.7. The third-order valence-electron chi connectivity index (χ3n) is 10.9.